The van der Waals surface area contributed by atoms with Gasteiger partial charge in [0.15, 0.2) is 5.78 Å². The maximum atomic E-state index is 14.0. The van der Waals surface area contributed by atoms with Crippen LogP contribution in [0.25, 0.3) is 5.69 Å². The van der Waals surface area contributed by atoms with Gasteiger partial charge in [-0.25, -0.2) is 4.98 Å². The first-order valence-electron chi connectivity index (χ1n) is 13.4. The number of carbonyl (C=O) groups is 2. The number of Topliss-reactive ketones (excluding diaryl/α,β-unsaturated/α-hetero) is 1. The number of aryl methyl sites for hydroxylation is 1. The quantitative estimate of drug-likeness (QED) is 0.405. The number of halogens is 1. The lowest BCUT2D eigenvalue weighted by Gasteiger charge is -2.35. The highest BCUT2D eigenvalue weighted by Gasteiger charge is 2.32. The fourth-order valence-corrected chi connectivity index (χ4v) is 5.82. The molecule has 1 atom stereocenters. The Hall–Kier alpha value is -3.32. The van der Waals surface area contributed by atoms with Gasteiger partial charge < -0.3 is 4.90 Å². The van der Waals surface area contributed by atoms with E-state index in [1.807, 2.05) is 19.9 Å². The molecule has 8 heteroatoms. The highest BCUT2D eigenvalue weighted by molar-refractivity contribution is 6.31. The molecule has 0 spiro atoms. The van der Waals surface area contributed by atoms with Gasteiger partial charge >= 0.3 is 0 Å². The molecule has 0 radical (unpaired) electrons. The molecule has 1 saturated carbocycles. The number of nitrogens with zero attached hydrogens (tertiary/aromatic N) is 4. The van der Waals surface area contributed by atoms with Gasteiger partial charge in [0.1, 0.15) is 11.5 Å². The summed E-state index contributed by atoms with van der Waals surface area (Å²) in [6.07, 6.45) is 8.55. The van der Waals surface area contributed by atoms with Gasteiger partial charge in [0.2, 0.25) is 0 Å². The van der Waals surface area contributed by atoms with E-state index in [2.05, 4.69) is 4.98 Å². The molecule has 2 aromatic heterocycles. The summed E-state index contributed by atoms with van der Waals surface area (Å²) in [5.74, 6) is 0.945. The van der Waals surface area contributed by atoms with E-state index >= 15 is 0 Å². The number of rotatable bonds is 5. The second-order valence-corrected chi connectivity index (χ2v) is 11.1. The minimum Gasteiger partial charge on any atom is -0.330 e. The van der Waals surface area contributed by atoms with Crippen LogP contribution in [-0.4, -0.2) is 37.2 Å². The molecular weight excluding hydrogens is 500 g/mol. The number of benzene rings is 1. The summed E-state index contributed by atoms with van der Waals surface area (Å²) < 4.78 is 1.68. The molecule has 1 amide bonds. The van der Waals surface area contributed by atoms with Crippen LogP contribution >= 0.6 is 11.6 Å². The van der Waals surface area contributed by atoms with Gasteiger partial charge in [0, 0.05) is 35.5 Å². The lowest BCUT2D eigenvalue weighted by Crippen LogP contribution is -2.46. The van der Waals surface area contributed by atoms with Crippen LogP contribution in [0.1, 0.15) is 89.4 Å². The minimum atomic E-state index is -0.170. The Balaban J connectivity index is 1.55. The largest absolute Gasteiger partial charge is 0.330 e. The monoisotopic (exact) mass is 532 g/mol. The van der Waals surface area contributed by atoms with E-state index in [1.165, 1.54) is 26.2 Å². The third-order valence-corrected chi connectivity index (χ3v) is 8.34. The Kier molecular flexibility index (Phi) is 7.48. The zero-order valence-electron chi connectivity index (χ0n) is 22.2. The van der Waals surface area contributed by atoms with Crippen molar-refractivity contribution >= 4 is 23.3 Å². The molecule has 198 valence electrons. The molecule has 5 rings (SSSR count). The third-order valence-electron chi connectivity index (χ3n) is 7.91. The molecule has 2 aliphatic rings. The number of ketones is 1. The van der Waals surface area contributed by atoms with Gasteiger partial charge in [-0.05, 0) is 62.1 Å². The summed E-state index contributed by atoms with van der Waals surface area (Å²) in [6, 6.07) is 8.57. The van der Waals surface area contributed by atoms with Crippen LogP contribution in [0, 0.1) is 12.8 Å². The molecule has 1 unspecified atom stereocenters. The Morgan fingerprint density at radius 3 is 2.53 bits per heavy atom. The van der Waals surface area contributed by atoms with Crippen molar-refractivity contribution in [2.45, 2.75) is 78.3 Å². The Labute approximate surface area is 227 Å². The minimum absolute atomic E-state index is 0.0910. The topological polar surface area (TPSA) is 85.2 Å². The maximum Gasteiger partial charge on any atom is 0.261 e. The normalized spacial score (nSPS) is 17.8. The molecule has 38 heavy (non-hydrogen) atoms. The summed E-state index contributed by atoms with van der Waals surface area (Å²) in [6.45, 7) is 5.61. The summed E-state index contributed by atoms with van der Waals surface area (Å²) in [5.41, 5.74) is 3.60. The number of hydrogen-bond donors (Lipinski definition) is 0. The highest BCUT2D eigenvalue weighted by Crippen LogP contribution is 2.29. The van der Waals surface area contributed by atoms with Crippen LogP contribution in [0.15, 0.2) is 41.3 Å². The number of hydrogen-bond acceptors (Lipinski definition) is 5. The molecule has 1 aliphatic heterocycles. The first-order valence-corrected chi connectivity index (χ1v) is 13.8. The fourth-order valence-electron chi connectivity index (χ4n) is 5.70. The molecule has 1 fully saturated rings. The van der Waals surface area contributed by atoms with E-state index in [9.17, 15) is 14.4 Å². The van der Waals surface area contributed by atoms with Gasteiger partial charge in [-0.1, -0.05) is 43.7 Å². The summed E-state index contributed by atoms with van der Waals surface area (Å²) in [5, 5.41) is 0.624. The predicted octanol–water partition coefficient (Wildman–Crippen LogP) is 5.50. The van der Waals surface area contributed by atoms with Gasteiger partial charge in [-0.15, -0.1) is 0 Å². The predicted molar refractivity (Wildman–Crippen MR) is 147 cm³/mol. The van der Waals surface area contributed by atoms with E-state index in [0.717, 1.165) is 18.4 Å². The smallest absolute Gasteiger partial charge is 0.261 e. The van der Waals surface area contributed by atoms with E-state index in [-0.39, 0.29) is 29.8 Å². The van der Waals surface area contributed by atoms with Crippen molar-refractivity contribution in [3.8, 4) is 5.69 Å². The third kappa shape index (κ3) is 5.17. The summed E-state index contributed by atoms with van der Waals surface area (Å²) >= 11 is 6.18. The summed E-state index contributed by atoms with van der Waals surface area (Å²) in [7, 11) is 0. The zero-order valence-corrected chi connectivity index (χ0v) is 22.9. The van der Waals surface area contributed by atoms with Gasteiger partial charge in [-0.2, -0.15) is 0 Å². The Morgan fingerprint density at radius 2 is 1.87 bits per heavy atom. The second-order valence-electron chi connectivity index (χ2n) is 10.7. The van der Waals surface area contributed by atoms with Crippen molar-refractivity contribution in [2.75, 3.05) is 0 Å². The van der Waals surface area contributed by atoms with Crippen molar-refractivity contribution in [1.82, 2.24) is 19.4 Å². The Morgan fingerprint density at radius 1 is 1.11 bits per heavy atom. The molecule has 0 N–H and O–H groups in total. The lowest BCUT2D eigenvalue weighted by molar-refractivity contribution is 0.0652. The average molecular weight is 533 g/mol. The van der Waals surface area contributed by atoms with Crippen molar-refractivity contribution in [1.29, 1.82) is 0 Å². The first-order chi connectivity index (χ1) is 18.2. The van der Waals surface area contributed by atoms with Crippen molar-refractivity contribution in [3.63, 3.8) is 0 Å². The number of aromatic nitrogens is 3. The number of carbonyl (C=O) groups excluding carboxylic acids is 2. The standard InChI is InChI=1S/C30H33ClN4O3/c1-18-13-22(9-11-25(18)31)29(37)34-17-27-24(14-19(34)2)30(38)35(23-10-12-26(20(3)36)32-16-23)28(33-27)15-21-7-5-4-6-8-21/h9-13,16,19,21H,4-8,14-15,17H2,1-3H3. The number of amides is 1. The molecule has 0 bridgehead atoms. The van der Waals surface area contributed by atoms with Crippen LogP contribution in [0.4, 0.5) is 0 Å². The SMILES string of the molecule is CC(=O)c1ccc(-n2c(CC3CCCCC3)nc3c(c2=O)CC(C)N(C(=O)c2ccc(Cl)c(C)c2)C3)cn1. The van der Waals surface area contributed by atoms with E-state index in [1.54, 1.807) is 39.9 Å². The van der Waals surface area contributed by atoms with Gasteiger partial charge in [0.25, 0.3) is 11.5 Å². The van der Waals surface area contributed by atoms with Crippen molar-refractivity contribution in [3.05, 3.63) is 85.8 Å². The molecule has 7 nitrogen and oxygen atoms in total. The van der Waals surface area contributed by atoms with Crippen LogP contribution < -0.4 is 5.56 Å². The average Bonchev–Trinajstić information content (AvgIpc) is 2.91. The molecule has 1 aliphatic carbocycles. The Bertz CT molecular complexity index is 1440. The van der Waals surface area contributed by atoms with Crippen LogP contribution in [0.2, 0.25) is 5.02 Å². The molecular formula is C30H33ClN4O3. The molecule has 3 heterocycles. The number of fused-ring (bicyclic) bond motifs is 1. The van der Waals surface area contributed by atoms with Crippen molar-refractivity contribution < 1.29 is 9.59 Å². The van der Waals surface area contributed by atoms with E-state index in [0.29, 0.717) is 57.8 Å². The lowest BCUT2D eigenvalue weighted by atomic mass is 9.86. The van der Waals surface area contributed by atoms with E-state index in [4.69, 9.17) is 16.6 Å². The van der Waals surface area contributed by atoms with E-state index < -0.39 is 0 Å². The molecule has 0 saturated heterocycles. The molecule has 1 aromatic carbocycles. The van der Waals surface area contributed by atoms with Crippen LogP contribution in [0.3, 0.4) is 0 Å². The highest BCUT2D eigenvalue weighted by atomic mass is 35.5. The zero-order chi connectivity index (χ0) is 27.0. The second kappa shape index (κ2) is 10.8. The van der Waals surface area contributed by atoms with Crippen LogP contribution in [-0.2, 0) is 19.4 Å². The van der Waals surface area contributed by atoms with Crippen LogP contribution in [0.5, 0.6) is 0 Å². The first kappa shape index (κ1) is 26.3. The maximum absolute atomic E-state index is 14.0. The van der Waals surface area contributed by atoms with Gasteiger partial charge in [-0.3, -0.25) is 23.9 Å². The van der Waals surface area contributed by atoms with Gasteiger partial charge in [0.05, 0.1) is 24.1 Å². The number of pyridine rings is 1. The van der Waals surface area contributed by atoms with Crippen molar-refractivity contribution in [2.24, 2.45) is 5.92 Å². The summed E-state index contributed by atoms with van der Waals surface area (Å²) in [4.78, 5) is 50.4. The fraction of sp³-hybridized carbons (Fsp3) is 0.433. The molecule has 3 aromatic rings.